The van der Waals surface area contributed by atoms with Crippen LogP contribution < -0.4 is 10.5 Å². The molecule has 6 heteroatoms. The maximum Gasteiger partial charge on any atom is 0.255 e. The second-order valence-corrected chi connectivity index (χ2v) is 4.73. The van der Waals surface area contributed by atoms with Crippen molar-refractivity contribution in [1.29, 1.82) is 0 Å². The van der Waals surface area contributed by atoms with E-state index in [0.717, 1.165) is 11.1 Å². The van der Waals surface area contributed by atoms with Crippen LogP contribution in [0.1, 0.15) is 24.1 Å². The second-order valence-electron chi connectivity index (χ2n) is 4.73. The number of ether oxygens (including phenoxy) is 2. The molecule has 2 amide bonds. The van der Waals surface area contributed by atoms with Crippen molar-refractivity contribution in [2.24, 2.45) is 5.73 Å². The van der Waals surface area contributed by atoms with Crippen molar-refractivity contribution >= 4 is 11.8 Å². The quantitative estimate of drug-likeness (QED) is 0.816. The van der Waals surface area contributed by atoms with Crippen LogP contribution in [-0.4, -0.2) is 37.0 Å². The Balaban J connectivity index is 2.28. The van der Waals surface area contributed by atoms with E-state index in [2.05, 4.69) is 0 Å². The van der Waals surface area contributed by atoms with Crippen LogP contribution in [0.15, 0.2) is 18.2 Å². The number of benzene rings is 1. The predicted octanol–water partition coefficient (Wildman–Crippen LogP) is 0.600. The van der Waals surface area contributed by atoms with Gasteiger partial charge >= 0.3 is 0 Å². The first-order chi connectivity index (χ1) is 9.52. The van der Waals surface area contributed by atoms with Gasteiger partial charge in [0.1, 0.15) is 19.0 Å². The fourth-order valence-corrected chi connectivity index (χ4v) is 2.07. The van der Waals surface area contributed by atoms with Gasteiger partial charge in [-0.1, -0.05) is 6.07 Å². The van der Waals surface area contributed by atoms with E-state index in [-0.39, 0.29) is 37.6 Å². The molecule has 108 valence electrons. The van der Waals surface area contributed by atoms with Crippen LogP contribution in [-0.2, 0) is 20.9 Å². The molecule has 1 aliphatic rings. The van der Waals surface area contributed by atoms with Crippen molar-refractivity contribution in [3.05, 3.63) is 29.3 Å². The minimum Gasteiger partial charge on any atom is -0.496 e. The SMILES string of the molecule is COc1ccc(C(C)N)cc1CN1C(=O)COCC1=O. The molecule has 1 atom stereocenters. The van der Waals surface area contributed by atoms with Crippen molar-refractivity contribution in [3.8, 4) is 5.75 Å². The molecule has 0 saturated carbocycles. The largest absolute Gasteiger partial charge is 0.496 e. The molecule has 2 N–H and O–H groups in total. The number of carbonyl (C=O) groups excluding carboxylic acids is 2. The topological polar surface area (TPSA) is 81.9 Å². The monoisotopic (exact) mass is 278 g/mol. The summed E-state index contributed by atoms with van der Waals surface area (Å²) in [5.41, 5.74) is 7.53. The van der Waals surface area contributed by atoms with Gasteiger partial charge in [-0.05, 0) is 24.6 Å². The molecule has 1 heterocycles. The third-order valence-corrected chi connectivity index (χ3v) is 3.21. The van der Waals surface area contributed by atoms with Crippen LogP contribution in [0.4, 0.5) is 0 Å². The lowest BCUT2D eigenvalue weighted by atomic mass is 10.0. The van der Waals surface area contributed by atoms with E-state index in [1.807, 2.05) is 19.1 Å². The van der Waals surface area contributed by atoms with E-state index in [1.54, 1.807) is 13.2 Å². The summed E-state index contributed by atoms with van der Waals surface area (Å²) in [4.78, 5) is 24.7. The van der Waals surface area contributed by atoms with E-state index >= 15 is 0 Å². The van der Waals surface area contributed by atoms with Gasteiger partial charge in [0.15, 0.2) is 0 Å². The molecule has 0 bridgehead atoms. The number of nitrogens with two attached hydrogens (primary N) is 1. The van der Waals surface area contributed by atoms with Crippen LogP contribution in [0.2, 0.25) is 0 Å². The van der Waals surface area contributed by atoms with Gasteiger partial charge in [0.05, 0.1) is 13.7 Å². The number of hydrogen-bond donors (Lipinski definition) is 1. The highest BCUT2D eigenvalue weighted by atomic mass is 16.5. The van der Waals surface area contributed by atoms with Crippen molar-refractivity contribution < 1.29 is 19.1 Å². The van der Waals surface area contributed by atoms with Gasteiger partial charge in [-0.2, -0.15) is 0 Å². The van der Waals surface area contributed by atoms with Crippen LogP contribution in [0.3, 0.4) is 0 Å². The van der Waals surface area contributed by atoms with Crippen molar-refractivity contribution in [1.82, 2.24) is 4.90 Å². The second kappa shape index (κ2) is 6.02. The van der Waals surface area contributed by atoms with E-state index in [4.69, 9.17) is 15.2 Å². The lowest BCUT2D eigenvalue weighted by Gasteiger charge is -2.26. The van der Waals surface area contributed by atoms with Gasteiger partial charge in [-0.3, -0.25) is 14.5 Å². The summed E-state index contributed by atoms with van der Waals surface area (Å²) < 4.78 is 10.2. The zero-order chi connectivity index (χ0) is 14.7. The smallest absolute Gasteiger partial charge is 0.255 e. The zero-order valence-electron chi connectivity index (χ0n) is 11.6. The Hall–Kier alpha value is -1.92. The molecule has 1 unspecified atom stereocenters. The molecule has 0 aliphatic carbocycles. The number of nitrogens with zero attached hydrogens (tertiary/aromatic N) is 1. The Morgan fingerprint density at radius 2 is 2.00 bits per heavy atom. The molecular formula is C14H18N2O4. The van der Waals surface area contributed by atoms with E-state index < -0.39 is 0 Å². The Kier molecular flexibility index (Phi) is 4.36. The van der Waals surface area contributed by atoms with Crippen molar-refractivity contribution in [2.45, 2.75) is 19.5 Å². The summed E-state index contributed by atoms with van der Waals surface area (Å²) >= 11 is 0. The molecule has 6 nitrogen and oxygen atoms in total. The normalized spacial score (nSPS) is 17.2. The van der Waals surface area contributed by atoms with Gasteiger partial charge in [-0.15, -0.1) is 0 Å². The summed E-state index contributed by atoms with van der Waals surface area (Å²) in [5, 5.41) is 0. The zero-order valence-corrected chi connectivity index (χ0v) is 11.6. The molecule has 1 aliphatic heterocycles. The highest BCUT2D eigenvalue weighted by molar-refractivity contribution is 5.98. The van der Waals surface area contributed by atoms with Gasteiger partial charge in [0.25, 0.3) is 11.8 Å². The average molecular weight is 278 g/mol. The Morgan fingerprint density at radius 3 is 2.55 bits per heavy atom. The fraction of sp³-hybridized carbons (Fsp3) is 0.429. The van der Waals surface area contributed by atoms with E-state index in [1.165, 1.54) is 4.90 Å². The first-order valence-electron chi connectivity index (χ1n) is 6.36. The van der Waals surface area contributed by atoms with Gasteiger partial charge in [0, 0.05) is 11.6 Å². The number of imide groups is 1. The summed E-state index contributed by atoms with van der Waals surface area (Å²) in [6.07, 6.45) is 0. The maximum atomic E-state index is 11.7. The highest BCUT2D eigenvalue weighted by Gasteiger charge is 2.27. The minimum absolute atomic E-state index is 0.0684. The van der Waals surface area contributed by atoms with Crippen LogP contribution in [0.5, 0.6) is 5.75 Å². The lowest BCUT2D eigenvalue weighted by molar-refractivity contribution is -0.159. The van der Waals surface area contributed by atoms with Gasteiger partial charge in [0.2, 0.25) is 0 Å². The van der Waals surface area contributed by atoms with E-state index in [0.29, 0.717) is 5.75 Å². The lowest BCUT2D eigenvalue weighted by Crippen LogP contribution is -2.45. The Morgan fingerprint density at radius 1 is 1.35 bits per heavy atom. The van der Waals surface area contributed by atoms with Gasteiger partial charge in [-0.25, -0.2) is 0 Å². The van der Waals surface area contributed by atoms with E-state index in [9.17, 15) is 9.59 Å². The first kappa shape index (κ1) is 14.5. The third-order valence-electron chi connectivity index (χ3n) is 3.21. The Bertz CT molecular complexity index is 512. The fourth-order valence-electron chi connectivity index (χ4n) is 2.07. The van der Waals surface area contributed by atoms with Crippen LogP contribution in [0.25, 0.3) is 0 Å². The molecular weight excluding hydrogens is 260 g/mol. The molecule has 1 aromatic rings. The predicted molar refractivity (Wildman–Crippen MR) is 72.0 cm³/mol. The number of morpholine rings is 1. The summed E-state index contributed by atoms with van der Waals surface area (Å²) in [6, 6.07) is 5.40. The average Bonchev–Trinajstić information content (AvgIpc) is 2.42. The van der Waals surface area contributed by atoms with Gasteiger partial charge < -0.3 is 15.2 Å². The summed E-state index contributed by atoms with van der Waals surface area (Å²) in [5.74, 6) is -0.0505. The highest BCUT2D eigenvalue weighted by Crippen LogP contribution is 2.24. The molecule has 1 aromatic carbocycles. The minimum atomic E-state index is -0.338. The maximum absolute atomic E-state index is 11.7. The molecule has 20 heavy (non-hydrogen) atoms. The third kappa shape index (κ3) is 2.97. The molecule has 1 fully saturated rings. The van der Waals surface area contributed by atoms with Crippen molar-refractivity contribution in [2.75, 3.05) is 20.3 Å². The number of hydrogen-bond acceptors (Lipinski definition) is 5. The molecule has 2 rings (SSSR count). The standard InChI is InChI=1S/C14H18N2O4/c1-9(15)10-3-4-12(19-2)11(5-10)6-16-13(17)7-20-8-14(16)18/h3-5,9H,6-8,15H2,1-2H3. The Labute approximate surface area is 117 Å². The molecule has 0 spiro atoms. The number of methoxy groups -OCH3 is 1. The summed E-state index contributed by atoms with van der Waals surface area (Å²) in [7, 11) is 1.55. The molecule has 1 saturated heterocycles. The number of amides is 2. The molecule has 0 radical (unpaired) electrons. The number of carbonyl (C=O) groups is 2. The number of rotatable bonds is 4. The molecule has 0 aromatic heterocycles. The van der Waals surface area contributed by atoms with Crippen molar-refractivity contribution in [3.63, 3.8) is 0 Å². The van der Waals surface area contributed by atoms with Crippen LogP contribution in [0, 0.1) is 0 Å². The van der Waals surface area contributed by atoms with Crippen LogP contribution >= 0.6 is 0 Å². The summed E-state index contributed by atoms with van der Waals surface area (Å²) in [6.45, 7) is 1.91. The first-order valence-corrected chi connectivity index (χ1v) is 6.36.